The van der Waals surface area contributed by atoms with E-state index in [1.54, 1.807) is 13.8 Å². The van der Waals surface area contributed by atoms with Gasteiger partial charge in [-0.15, -0.1) is 0 Å². The van der Waals surface area contributed by atoms with Crippen LogP contribution in [0.15, 0.2) is 0 Å². The summed E-state index contributed by atoms with van der Waals surface area (Å²) >= 11 is 0. The highest BCUT2D eigenvalue weighted by atomic mass is 19.4. The summed E-state index contributed by atoms with van der Waals surface area (Å²) in [6.07, 6.45) is -7.35. The van der Waals surface area contributed by atoms with Crippen LogP contribution in [0, 0.1) is 29.6 Å². The van der Waals surface area contributed by atoms with Crippen molar-refractivity contribution in [1.29, 1.82) is 0 Å². The summed E-state index contributed by atoms with van der Waals surface area (Å²) in [7, 11) is 0. The Kier molecular flexibility index (Phi) is 7.40. The minimum Gasteiger partial charge on any atom is -0.456 e. The fraction of sp³-hybridized carbons (Fsp3) is 0.957. The molecule has 4 saturated carbocycles. The van der Waals surface area contributed by atoms with Crippen molar-refractivity contribution in [3.63, 3.8) is 0 Å². The van der Waals surface area contributed by atoms with Crippen LogP contribution in [0.4, 0.5) is 57.1 Å². The molecule has 0 aromatic rings. The Balaban J connectivity index is 1.89. The lowest BCUT2D eigenvalue weighted by atomic mass is 9.47. The van der Waals surface area contributed by atoms with E-state index in [4.69, 9.17) is 4.74 Å². The van der Waals surface area contributed by atoms with Crippen molar-refractivity contribution >= 4 is 5.97 Å². The van der Waals surface area contributed by atoms with Crippen LogP contribution in [0.5, 0.6) is 0 Å². The van der Waals surface area contributed by atoms with Gasteiger partial charge >= 0.3 is 41.8 Å². The largest absolute Gasteiger partial charge is 0.460 e. The third-order valence-corrected chi connectivity index (χ3v) is 8.59. The van der Waals surface area contributed by atoms with E-state index in [9.17, 15) is 67.0 Å². The van der Waals surface area contributed by atoms with Crippen molar-refractivity contribution in [2.45, 2.75) is 106 Å². The third kappa shape index (κ3) is 4.48. The zero-order chi connectivity index (χ0) is 30.4. The van der Waals surface area contributed by atoms with Crippen molar-refractivity contribution in [1.82, 2.24) is 0 Å². The Morgan fingerprint density at radius 3 is 1.49 bits per heavy atom. The number of aliphatic hydroxyl groups is 1. The number of carbonyl (C=O) groups is 1. The van der Waals surface area contributed by atoms with Crippen LogP contribution in [-0.4, -0.2) is 58.1 Å². The Morgan fingerprint density at radius 2 is 1.13 bits per heavy atom. The van der Waals surface area contributed by atoms with E-state index in [0.717, 1.165) is 6.42 Å². The molecule has 228 valence electrons. The van der Waals surface area contributed by atoms with Gasteiger partial charge in [-0.3, -0.25) is 0 Å². The number of ether oxygens (including phenoxy) is 1. The van der Waals surface area contributed by atoms with Gasteiger partial charge < -0.3 is 9.84 Å². The maximum Gasteiger partial charge on any atom is 0.460 e. The molecule has 0 spiro atoms. The minimum atomic E-state index is -8.06. The summed E-state index contributed by atoms with van der Waals surface area (Å²) in [5.74, 6) is -40.6. The van der Waals surface area contributed by atoms with Crippen LogP contribution < -0.4 is 0 Å². The molecule has 0 aromatic carbocycles. The summed E-state index contributed by atoms with van der Waals surface area (Å²) in [5.41, 5.74) is -5.11. The molecule has 4 bridgehead atoms. The highest BCUT2D eigenvalue weighted by Crippen LogP contribution is 2.63. The molecule has 1 atom stereocenters. The summed E-state index contributed by atoms with van der Waals surface area (Å²) in [4.78, 5) is 12.9. The van der Waals surface area contributed by atoms with Crippen molar-refractivity contribution < 1.29 is 71.7 Å². The monoisotopic (exact) mass is 598 g/mol. The molecule has 0 amide bonds. The van der Waals surface area contributed by atoms with Crippen LogP contribution >= 0.6 is 0 Å². The van der Waals surface area contributed by atoms with E-state index in [2.05, 4.69) is 0 Å². The number of halogens is 13. The molecule has 0 heterocycles. The van der Waals surface area contributed by atoms with Gasteiger partial charge in [0.1, 0.15) is 5.60 Å². The average Bonchev–Trinajstić information content (AvgIpc) is 2.73. The van der Waals surface area contributed by atoms with Gasteiger partial charge in [0.15, 0.2) is 5.60 Å². The molecule has 0 aliphatic heterocycles. The first-order valence-corrected chi connectivity index (χ1v) is 12.1. The summed E-state index contributed by atoms with van der Waals surface area (Å²) in [6.45, 7) is 3.39. The zero-order valence-electron chi connectivity index (χ0n) is 20.8. The number of esters is 1. The van der Waals surface area contributed by atoms with E-state index in [-0.39, 0.29) is 18.8 Å². The molecule has 4 aliphatic rings. The first-order chi connectivity index (χ1) is 17.2. The van der Waals surface area contributed by atoms with Crippen LogP contribution in [0.3, 0.4) is 0 Å². The Morgan fingerprint density at radius 1 is 0.744 bits per heavy atom. The van der Waals surface area contributed by atoms with Crippen molar-refractivity contribution in [2.24, 2.45) is 29.6 Å². The smallest absolute Gasteiger partial charge is 0.456 e. The van der Waals surface area contributed by atoms with E-state index >= 15 is 0 Å². The lowest BCUT2D eigenvalue weighted by molar-refractivity contribution is -0.441. The van der Waals surface area contributed by atoms with E-state index < -0.39 is 65.3 Å². The van der Waals surface area contributed by atoms with Gasteiger partial charge in [-0.25, -0.2) is 4.79 Å². The quantitative estimate of drug-likeness (QED) is 0.225. The van der Waals surface area contributed by atoms with E-state index in [1.165, 1.54) is 0 Å². The van der Waals surface area contributed by atoms with Gasteiger partial charge in [0, 0.05) is 0 Å². The molecule has 4 aliphatic carbocycles. The molecule has 0 aromatic heterocycles. The topological polar surface area (TPSA) is 46.5 Å². The number of alkyl halides is 13. The Hall–Kier alpha value is -1.48. The second-order valence-corrected chi connectivity index (χ2v) is 11.7. The predicted octanol–water partition coefficient (Wildman–Crippen LogP) is 7.26. The lowest BCUT2D eigenvalue weighted by Gasteiger charge is -2.62. The van der Waals surface area contributed by atoms with Crippen LogP contribution in [0.25, 0.3) is 0 Å². The second kappa shape index (κ2) is 9.01. The average molecular weight is 598 g/mol. The molecular weight excluding hydrogens is 571 g/mol. The summed E-state index contributed by atoms with van der Waals surface area (Å²) < 4.78 is 180. The van der Waals surface area contributed by atoms with Crippen molar-refractivity contribution in [3.05, 3.63) is 0 Å². The van der Waals surface area contributed by atoms with Crippen LogP contribution in [0.2, 0.25) is 0 Å². The highest BCUT2D eigenvalue weighted by molar-refractivity contribution is 5.79. The van der Waals surface area contributed by atoms with Crippen LogP contribution in [-0.2, 0) is 9.53 Å². The van der Waals surface area contributed by atoms with Gasteiger partial charge in [-0.1, -0.05) is 13.8 Å². The van der Waals surface area contributed by atoms with Crippen molar-refractivity contribution in [3.8, 4) is 0 Å². The molecule has 0 radical (unpaired) electrons. The fourth-order valence-electron chi connectivity index (χ4n) is 6.84. The van der Waals surface area contributed by atoms with Gasteiger partial charge in [0.25, 0.3) is 0 Å². The van der Waals surface area contributed by atoms with Gasteiger partial charge in [-0.05, 0) is 68.6 Å². The standard InChI is InChI=1S/C23H27F13O3/c1-10(2)18(13-5-11-4-12(7-13)8-14(18)6-11)39-15(37)16(3,38)9-17(24,25)19(26,27)20(28,29)21(30,31)22(32,33)23(34,35)36/h10-14,38H,4-9H2,1-3H3. The summed E-state index contributed by atoms with van der Waals surface area (Å²) in [6, 6.07) is 0. The maximum atomic E-state index is 14.4. The minimum absolute atomic E-state index is 0.143. The molecule has 1 N–H and O–H groups in total. The van der Waals surface area contributed by atoms with Gasteiger partial charge in [0.2, 0.25) is 0 Å². The first kappa shape index (κ1) is 32.0. The Labute approximate surface area is 214 Å². The second-order valence-electron chi connectivity index (χ2n) is 11.7. The van der Waals surface area contributed by atoms with Crippen LogP contribution in [0.1, 0.15) is 59.3 Å². The number of rotatable bonds is 9. The first-order valence-electron chi connectivity index (χ1n) is 12.1. The third-order valence-electron chi connectivity index (χ3n) is 8.59. The predicted molar refractivity (Wildman–Crippen MR) is 107 cm³/mol. The molecule has 39 heavy (non-hydrogen) atoms. The zero-order valence-corrected chi connectivity index (χ0v) is 20.8. The fourth-order valence-corrected chi connectivity index (χ4v) is 6.84. The number of hydrogen-bond acceptors (Lipinski definition) is 3. The van der Waals surface area contributed by atoms with Crippen molar-refractivity contribution in [2.75, 3.05) is 0 Å². The maximum absolute atomic E-state index is 14.4. The normalized spacial score (nSPS) is 31.9. The highest BCUT2D eigenvalue weighted by Gasteiger charge is 2.91. The molecule has 1 unspecified atom stereocenters. The number of carbonyl (C=O) groups excluding carboxylic acids is 1. The SMILES string of the molecule is CC(C)C1(OC(=O)C(C)(O)CC(F)(F)C(F)(F)C(F)(F)C(F)(F)C(F)(F)C(F)(F)F)C2CC3CC(C2)CC1C3. The van der Waals surface area contributed by atoms with E-state index in [1.807, 2.05) is 0 Å². The Bertz CT molecular complexity index is 927. The molecular formula is C23H27F13O3. The number of hydrogen-bond donors (Lipinski definition) is 1. The summed E-state index contributed by atoms with van der Waals surface area (Å²) in [5, 5.41) is 10.3. The van der Waals surface area contributed by atoms with Gasteiger partial charge in [-0.2, -0.15) is 57.1 Å². The molecule has 0 saturated heterocycles. The molecule has 16 heteroatoms. The molecule has 3 nitrogen and oxygen atoms in total. The lowest BCUT2D eigenvalue weighted by Crippen LogP contribution is -2.70. The van der Waals surface area contributed by atoms with E-state index in [0.29, 0.717) is 37.5 Å². The molecule has 4 fully saturated rings. The molecule has 4 rings (SSSR count). The van der Waals surface area contributed by atoms with Gasteiger partial charge in [0.05, 0.1) is 6.42 Å².